The highest BCUT2D eigenvalue weighted by molar-refractivity contribution is 5.80. The SMILES string of the molecule is O=C1NC2CCC1Cc1cc([N+](=O)[O-])ccc1C2. The van der Waals surface area contributed by atoms with E-state index in [2.05, 4.69) is 5.32 Å². The first-order valence-electron chi connectivity index (χ1n) is 6.20. The lowest BCUT2D eigenvalue weighted by atomic mass is 9.81. The second-order valence-corrected chi connectivity index (χ2v) is 5.10. The number of piperidine rings is 1. The van der Waals surface area contributed by atoms with Crippen LogP contribution >= 0.6 is 0 Å². The third-order valence-electron chi connectivity index (χ3n) is 3.91. The number of nitro benzene ring substituents is 1. The van der Waals surface area contributed by atoms with Crippen LogP contribution in [0.5, 0.6) is 0 Å². The summed E-state index contributed by atoms with van der Waals surface area (Å²) in [4.78, 5) is 22.2. The maximum absolute atomic E-state index is 11.8. The first-order valence-corrected chi connectivity index (χ1v) is 6.20. The maximum atomic E-state index is 11.8. The first-order chi connectivity index (χ1) is 8.63. The number of nitrogens with zero attached hydrogens (tertiary/aromatic N) is 1. The predicted octanol–water partition coefficient (Wildman–Crippen LogP) is 1.59. The van der Waals surface area contributed by atoms with Gasteiger partial charge in [0, 0.05) is 24.1 Å². The van der Waals surface area contributed by atoms with Crippen LogP contribution in [0.2, 0.25) is 0 Å². The Bertz CT molecular complexity index is 527. The number of benzene rings is 1. The molecule has 1 aromatic carbocycles. The van der Waals surface area contributed by atoms with Crippen LogP contribution in [-0.2, 0) is 17.6 Å². The van der Waals surface area contributed by atoms with Crippen molar-refractivity contribution in [3.63, 3.8) is 0 Å². The van der Waals surface area contributed by atoms with Gasteiger partial charge >= 0.3 is 0 Å². The van der Waals surface area contributed by atoms with Crippen molar-refractivity contribution in [2.45, 2.75) is 31.7 Å². The quantitative estimate of drug-likeness (QED) is 0.604. The van der Waals surface area contributed by atoms with Gasteiger partial charge in [-0.2, -0.15) is 0 Å². The van der Waals surface area contributed by atoms with E-state index in [1.54, 1.807) is 12.1 Å². The number of carbonyl (C=O) groups is 1. The Kier molecular flexibility index (Phi) is 2.54. The van der Waals surface area contributed by atoms with Crippen molar-refractivity contribution in [1.29, 1.82) is 0 Å². The number of fused-ring (bicyclic) bond motifs is 2. The van der Waals surface area contributed by atoms with Crippen LogP contribution in [0.4, 0.5) is 5.69 Å². The molecule has 1 N–H and O–H groups in total. The van der Waals surface area contributed by atoms with Crippen molar-refractivity contribution in [3.8, 4) is 0 Å². The van der Waals surface area contributed by atoms with Gasteiger partial charge in [-0.3, -0.25) is 14.9 Å². The van der Waals surface area contributed by atoms with Gasteiger partial charge in [0.15, 0.2) is 0 Å². The molecule has 2 heterocycles. The highest BCUT2D eigenvalue weighted by atomic mass is 16.6. The second kappa shape index (κ2) is 4.08. The molecule has 1 saturated heterocycles. The van der Waals surface area contributed by atoms with Crippen LogP contribution in [-0.4, -0.2) is 16.9 Å². The van der Waals surface area contributed by atoms with E-state index in [4.69, 9.17) is 0 Å². The third-order valence-corrected chi connectivity index (χ3v) is 3.91. The molecule has 1 aliphatic carbocycles. The fourth-order valence-electron chi connectivity index (χ4n) is 2.92. The average Bonchev–Trinajstić information content (AvgIpc) is 2.30. The lowest BCUT2D eigenvalue weighted by Crippen LogP contribution is -2.47. The zero-order valence-electron chi connectivity index (χ0n) is 9.89. The zero-order chi connectivity index (χ0) is 12.7. The van der Waals surface area contributed by atoms with Crippen molar-refractivity contribution in [2.75, 3.05) is 0 Å². The minimum Gasteiger partial charge on any atom is -0.353 e. The highest BCUT2D eigenvalue weighted by Crippen LogP contribution is 2.30. The molecular formula is C13H14N2O3. The summed E-state index contributed by atoms with van der Waals surface area (Å²) in [5, 5.41) is 13.8. The van der Waals surface area contributed by atoms with Crippen LogP contribution < -0.4 is 5.32 Å². The van der Waals surface area contributed by atoms with Gasteiger partial charge in [-0.25, -0.2) is 0 Å². The lowest BCUT2D eigenvalue weighted by molar-refractivity contribution is -0.384. The standard InChI is InChI=1S/C13H14N2O3/c16-13-9-1-3-11(14-13)6-8-2-4-12(15(17)18)7-10(8)5-9/h2,4,7,9,11H,1,3,5-6H2,(H,14,16). The molecule has 0 spiro atoms. The van der Waals surface area contributed by atoms with Crippen molar-refractivity contribution in [3.05, 3.63) is 39.4 Å². The number of carbonyl (C=O) groups excluding carboxylic acids is 1. The molecule has 2 unspecified atom stereocenters. The summed E-state index contributed by atoms with van der Waals surface area (Å²) < 4.78 is 0. The second-order valence-electron chi connectivity index (χ2n) is 5.10. The van der Waals surface area contributed by atoms with Gasteiger partial charge in [0.05, 0.1) is 4.92 Å². The maximum Gasteiger partial charge on any atom is 0.269 e. The molecule has 1 aromatic rings. The number of amides is 1. The van der Waals surface area contributed by atoms with Crippen molar-refractivity contribution in [2.24, 2.45) is 5.92 Å². The number of nitro groups is 1. The molecule has 2 bridgehead atoms. The summed E-state index contributed by atoms with van der Waals surface area (Å²) in [6, 6.07) is 5.20. The van der Waals surface area contributed by atoms with E-state index in [0.29, 0.717) is 6.42 Å². The van der Waals surface area contributed by atoms with E-state index in [1.165, 1.54) is 0 Å². The largest absolute Gasteiger partial charge is 0.353 e. The molecule has 1 amide bonds. The third kappa shape index (κ3) is 1.85. The van der Waals surface area contributed by atoms with Gasteiger partial charge in [0.1, 0.15) is 0 Å². The van der Waals surface area contributed by atoms with Crippen LogP contribution in [0.3, 0.4) is 0 Å². The molecule has 5 nitrogen and oxygen atoms in total. The monoisotopic (exact) mass is 246 g/mol. The Morgan fingerprint density at radius 2 is 2.06 bits per heavy atom. The predicted molar refractivity (Wildman–Crippen MR) is 65.2 cm³/mol. The Balaban J connectivity index is 2.01. The number of rotatable bonds is 1. The van der Waals surface area contributed by atoms with Crippen LogP contribution in [0.1, 0.15) is 24.0 Å². The highest BCUT2D eigenvalue weighted by Gasteiger charge is 2.32. The van der Waals surface area contributed by atoms with E-state index in [9.17, 15) is 14.9 Å². The minimum atomic E-state index is -0.378. The molecular weight excluding hydrogens is 232 g/mol. The fourth-order valence-corrected chi connectivity index (χ4v) is 2.92. The minimum absolute atomic E-state index is 0.0256. The van der Waals surface area contributed by atoms with Gasteiger partial charge in [-0.1, -0.05) is 6.07 Å². The van der Waals surface area contributed by atoms with E-state index in [-0.39, 0.29) is 28.5 Å². The van der Waals surface area contributed by atoms with Gasteiger partial charge in [-0.05, 0) is 36.8 Å². The van der Waals surface area contributed by atoms with E-state index < -0.39 is 0 Å². The van der Waals surface area contributed by atoms with Gasteiger partial charge in [0.25, 0.3) is 5.69 Å². The summed E-state index contributed by atoms with van der Waals surface area (Å²) in [7, 11) is 0. The Hall–Kier alpha value is -1.91. The Labute approximate surface area is 104 Å². The van der Waals surface area contributed by atoms with E-state index >= 15 is 0 Å². The van der Waals surface area contributed by atoms with Crippen molar-refractivity contribution < 1.29 is 9.72 Å². The van der Waals surface area contributed by atoms with Gasteiger partial charge in [0.2, 0.25) is 5.91 Å². The van der Waals surface area contributed by atoms with Crippen molar-refractivity contribution >= 4 is 11.6 Å². The zero-order valence-corrected chi connectivity index (χ0v) is 9.89. The molecule has 1 fully saturated rings. The fraction of sp³-hybridized carbons (Fsp3) is 0.462. The molecule has 4 rings (SSSR count). The summed E-state index contributed by atoms with van der Waals surface area (Å²) >= 11 is 0. The van der Waals surface area contributed by atoms with Crippen LogP contribution in [0.15, 0.2) is 18.2 Å². The molecule has 0 radical (unpaired) electrons. The summed E-state index contributed by atoms with van der Waals surface area (Å²) in [6.45, 7) is 0. The number of non-ortho nitro benzene ring substituents is 1. The van der Waals surface area contributed by atoms with Crippen LogP contribution in [0.25, 0.3) is 0 Å². The first kappa shape index (κ1) is 11.2. The normalized spacial score (nSPS) is 25.9. The van der Waals surface area contributed by atoms with Crippen LogP contribution in [0, 0.1) is 16.0 Å². The molecule has 2 aliphatic heterocycles. The summed E-state index contributed by atoms with van der Waals surface area (Å²) in [6.07, 6.45) is 3.30. The molecule has 2 atom stereocenters. The summed E-state index contributed by atoms with van der Waals surface area (Å²) in [5.41, 5.74) is 2.22. The number of nitrogens with one attached hydrogen (secondary N) is 1. The Morgan fingerprint density at radius 3 is 2.78 bits per heavy atom. The average molecular weight is 246 g/mol. The van der Waals surface area contributed by atoms with Gasteiger partial charge < -0.3 is 5.32 Å². The number of hydrogen-bond acceptors (Lipinski definition) is 3. The van der Waals surface area contributed by atoms with E-state index in [1.807, 2.05) is 6.07 Å². The Morgan fingerprint density at radius 1 is 1.22 bits per heavy atom. The molecule has 3 aliphatic rings. The van der Waals surface area contributed by atoms with Gasteiger partial charge in [-0.15, -0.1) is 0 Å². The molecule has 5 heteroatoms. The molecule has 0 saturated carbocycles. The topological polar surface area (TPSA) is 72.2 Å². The summed E-state index contributed by atoms with van der Waals surface area (Å²) in [5.74, 6) is 0.0747. The van der Waals surface area contributed by atoms with Crippen molar-refractivity contribution in [1.82, 2.24) is 5.32 Å². The smallest absolute Gasteiger partial charge is 0.269 e. The molecule has 0 aromatic heterocycles. The molecule has 18 heavy (non-hydrogen) atoms. The lowest BCUT2D eigenvalue weighted by Gasteiger charge is -2.33. The molecule has 94 valence electrons. The van der Waals surface area contributed by atoms with E-state index in [0.717, 1.165) is 30.4 Å². The number of hydrogen-bond donors (Lipinski definition) is 1.